The summed E-state index contributed by atoms with van der Waals surface area (Å²) in [5.41, 5.74) is 7.68. The molecule has 4 heterocycles. The molecule has 0 spiro atoms. The fraction of sp³-hybridized carbons (Fsp3) is 0.269. The van der Waals surface area contributed by atoms with Crippen molar-refractivity contribution in [1.29, 1.82) is 5.26 Å². The van der Waals surface area contributed by atoms with Crippen LogP contribution in [-0.2, 0) is 4.74 Å². The summed E-state index contributed by atoms with van der Waals surface area (Å²) in [6.45, 7) is 2.27. The van der Waals surface area contributed by atoms with Crippen LogP contribution in [-0.4, -0.2) is 77.3 Å². The van der Waals surface area contributed by atoms with E-state index < -0.39 is 28.9 Å². The molecule has 1 aromatic carbocycles. The van der Waals surface area contributed by atoms with Crippen molar-refractivity contribution in [3.8, 4) is 6.07 Å². The van der Waals surface area contributed by atoms with Crippen LogP contribution in [0.4, 0.5) is 27.9 Å². The Morgan fingerprint density at radius 1 is 1.17 bits per heavy atom. The van der Waals surface area contributed by atoms with E-state index in [0.29, 0.717) is 48.9 Å². The van der Waals surface area contributed by atoms with Gasteiger partial charge in [-0.1, -0.05) is 0 Å². The number of benzene rings is 1. The molecule has 14 nitrogen and oxygen atoms in total. The Morgan fingerprint density at radius 3 is 2.49 bits per heavy atom. The van der Waals surface area contributed by atoms with Crippen LogP contribution in [0, 0.1) is 21.4 Å². The molecule has 0 saturated carbocycles. The lowest BCUT2D eigenvalue weighted by Crippen LogP contribution is -2.49. The summed E-state index contributed by atoms with van der Waals surface area (Å²) < 4.78 is 10.6. The van der Waals surface area contributed by atoms with Gasteiger partial charge in [0.2, 0.25) is 0 Å². The third-order valence-corrected chi connectivity index (χ3v) is 6.97. The molecule has 2 N–H and O–H groups in total. The van der Waals surface area contributed by atoms with E-state index in [1.807, 2.05) is 4.90 Å². The third-order valence-electron chi connectivity index (χ3n) is 6.75. The van der Waals surface area contributed by atoms with E-state index in [9.17, 15) is 19.7 Å². The maximum Gasteiger partial charge on any atom is 0.433 e. The fourth-order valence-corrected chi connectivity index (χ4v) is 4.81. The Hall–Kier alpha value is -5.23. The number of anilines is 3. The Kier molecular flexibility index (Phi) is 7.66. The van der Waals surface area contributed by atoms with Crippen molar-refractivity contribution in [2.45, 2.75) is 6.10 Å². The number of hydrogen-bond donors (Lipinski definition) is 1. The van der Waals surface area contributed by atoms with Crippen molar-refractivity contribution in [3.63, 3.8) is 0 Å². The normalized spacial score (nSPS) is 16.7. The van der Waals surface area contributed by atoms with Crippen LogP contribution in [0.1, 0.15) is 16.1 Å². The molecule has 2 aromatic heterocycles. The predicted octanol–water partition coefficient (Wildman–Crippen LogP) is 2.49. The molecule has 3 aromatic rings. The summed E-state index contributed by atoms with van der Waals surface area (Å²) in [6.07, 6.45) is 0.558. The number of carbonyl (C=O) groups is 2. The average Bonchev–Trinajstić information content (AvgIpc) is 3.63. The maximum absolute atomic E-state index is 12.7. The molecule has 2 aliphatic heterocycles. The first-order valence-electron chi connectivity index (χ1n) is 12.5. The first-order chi connectivity index (χ1) is 19.7. The van der Waals surface area contributed by atoms with E-state index in [0.717, 1.165) is 6.07 Å². The Morgan fingerprint density at radius 2 is 1.90 bits per heavy atom. The van der Waals surface area contributed by atoms with Gasteiger partial charge in [-0.05, 0) is 54.7 Å². The van der Waals surface area contributed by atoms with Crippen LogP contribution >= 0.6 is 12.2 Å². The molecule has 1 atom stereocenters. The summed E-state index contributed by atoms with van der Waals surface area (Å²) >= 11 is 5.20. The van der Waals surface area contributed by atoms with Crippen molar-refractivity contribution in [3.05, 3.63) is 76.2 Å². The zero-order valence-electron chi connectivity index (χ0n) is 21.6. The van der Waals surface area contributed by atoms with Gasteiger partial charge in [0.15, 0.2) is 10.9 Å². The molecule has 41 heavy (non-hydrogen) atoms. The summed E-state index contributed by atoms with van der Waals surface area (Å²) in [7, 11) is 0. The molecular weight excluding hydrogens is 552 g/mol. The molecule has 5 rings (SSSR count). The zero-order valence-corrected chi connectivity index (χ0v) is 22.4. The van der Waals surface area contributed by atoms with Crippen LogP contribution in [0.25, 0.3) is 0 Å². The van der Waals surface area contributed by atoms with Crippen molar-refractivity contribution < 1.29 is 23.7 Å². The highest BCUT2D eigenvalue weighted by atomic mass is 32.1. The molecule has 0 radical (unpaired) electrons. The number of furan rings is 1. The van der Waals surface area contributed by atoms with Crippen molar-refractivity contribution in [1.82, 2.24) is 9.88 Å². The maximum atomic E-state index is 12.7. The van der Waals surface area contributed by atoms with Crippen molar-refractivity contribution >= 4 is 52.4 Å². The number of ether oxygens (including phenoxy) is 1. The van der Waals surface area contributed by atoms with Gasteiger partial charge in [0.05, 0.1) is 42.7 Å². The van der Waals surface area contributed by atoms with E-state index in [1.165, 1.54) is 11.0 Å². The van der Waals surface area contributed by atoms with Gasteiger partial charge < -0.3 is 29.6 Å². The summed E-state index contributed by atoms with van der Waals surface area (Å²) in [5.74, 6) is -0.275. The van der Waals surface area contributed by atoms with Gasteiger partial charge in [-0.2, -0.15) is 5.26 Å². The second-order valence-corrected chi connectivity index (χ2v) is 9.69. The van der Waals surface area contributed by atoms with Gasteiger partial charge in [0.1, 0.15) is 16.8 Å². The van der Waals surface area contributed by atoms with E-state index >= 15 is 0 Å². The lowest BCUT2D eigenvalue weighted by atomic mass is 10.2. The summed E-state index contributed by atoms with van der Waals surface area (Å²) in [4.78, 5) is 46.6. The first-order valence-corrected chi connectivity index (χ1v) is 12.9. The van der Waals surface area contributed by atoms with E-state index in [1.54, 1.807) is 52.4 Å². The number of piperazine rings is 1. The Balaban J connectivity index is 1.17. The second-order valence-electron chi connectivity index (χ2n) is 9.27. The van der Waals surface area contributed by atoms with E-state index in [-0.39, 0.29) is 24.0 Å². The predicted molar refractivity (Wildman–Crippen MR) is 151 cm³/mol. The molecule has 2 aliphatic rings. The lowest BCUT2D eigenvalue weighted by Gasteiger charge is -2.35. The van der Waals surface area contributed by atoms with Crippen LogP contribution in [0.15, 0.2) is 59.1 Å². The highest BCUT2D eigenvalue weighted by Gasteiger charge is 2.34. The minimum atomic E-state index is -0.687. The lowest BCUT2D eigenvalue weighted by molar-refractivity contribution is -0.402. The molecule has 1 unspecified atom stereocenters. The van der Waals surface area contributed by atoms with E-state index in [4.69, 9.17) is 32.4 Å². The minimum absolute atomic E-state index is 0.0725. The first kappa shape index (κ1) is 27.3. The molecule has 0 aliphatic carbocycles. The number of carbonyl (C=O) groups excluding carboxylic acids is 2. The third kappa shape index (κ3) is 5.87. The quantitative estimate of drug-likeness (QED) is 0.247. The molecule has 15 heteroatoms. The number of aromatic nitrogens is 1. The SMILES string of the molecule is N#Cc1ccc(N(CC2CN(c3ccc(N4CCN(C(=O)c5ccc([N+](=O)[O-])o5)CC4)nc3)C(=O)O2)C(N)=S)cc1. The number of thiocarbonyl (C=S) groups is 1. The highest BCUT2D eigenvalue weighted by molar-refractivity contribution is 7.80. The molecule has 2 amide bonds. The number of nitriles is 1. The number of nitro groups is 1. The molecule has 210 valence electrons. The molecule has 0 bridgehead atoms. The van der Waals surface area contributed by atoms with Crippen LogP contribution in [0.2, 0.25) is 0 Å². The zero-order chi connectivity index (χ0) is 29.1. The molecule has 2 fully saturated rings. The number of pyridine rings is 1. The largest absolute Gasteiger partial charge is 0.442 e. The Labute approximate surface area is 239 Å². The van der Waals surface area contributed by atoms with Gasteiger partial charge in [-0.25, -0.2) is 9.78 Å². The number of nitrogens with two attached hydrogens (primary N) is 1. The second kappa shape index (κ2) is 11.5. The Bertz CT molecular complexity index is 1510. The van der Waals surface area contributed by atoms with Crippen molar-refractivity contribution in [2.75, 3.05) is 54.0 Å². The van der Waals surface area contributed by atoms with Gasteiger partial charge >= 0.3 is 12.0 Å². The van der Waals surface area contributed by atoms with Crippen LogP contribution in [0.3, 0.4) is 0 Å². The number of rotatable bonds is 7. The number of amides is 2. The number of hydrogen-bond acceptors (Lipinski definition) is 10. The molecule has 2 saturated heterocycles. The summed E-state index contributed by atoms with van der Waals surface area (Å²) in [6, 6.07) is 14.9. The topological polar surface area (TPSA) is 175 Å². The number of nitrogens with zero attached hydrogens (tertiary/aromatic N) is 7. The average molecular weight is 577 g/mol. The van der Waals surface area contributed by atoms with Crippen LogP contribution < -0.4 is 20.4 Å². The van der Waals surface area contributed by atoms with E-state index in [2.05, 4.69) is 11.1 Å². The van der Waals surface area contributed by atoms with Gasteiger partial charge in [0, 0.05) is 31.9 Å². The summed E-state index contributed by atoms with van der Waals surface area (Å²) in [5, 5.41) is 20.0. The number of cyclic esters (lactones) is 1. The van der Waals surface area contributed by atoms with Crippen LogP contribution in [0.5, 0.6) is 0 Å². The van der Waals surface area contributed by atoms with Gasteiger partial charge in [-0.3, -0.25) is 19.8 Å². The fourth-order valence-electron chi connectivity index (χ4n) is 4.63. The molecular formula is C26H24N8O6S. The minimum Gasteiger partial charge on any atom is -0.442 e. The highest BCUT2D eigenvalue weighted by Crippen LogP contribution is 2.26. The van der Waals surface area contributed by atoms with Crippen molar-refractivity contribution in [2.24, 2.45) is 5.73 Å². The standard InChI is InChI=1S/C26H24N8O6S/c27-13-17-1-3-18(4-2-17)32(25(28)41)15-20-16-33(26(36)39-20)19-5-7-22(29-14-19)30-9-11-31(12-10-30)24(35)21-6-8-23(40-21)34(37)38/h1-8,14,20H,9-12,15-16H2,(H2,28,41). The monoisotopic (exact) mass is 576 g/mol. The smallest absolute Gasteiger partial charge is 0.433 e. The van der Waals surface area contributed by atoms with Gasteiger partial charge in [0.25, 0.3) is 5.91 Å². The van der Waals surface area contributed by atoms with Gasteiger partial charge in [-0.15, -0.1) is 0 Å².